The second-order valence-corrected chi connectivity index (χ2v) is 17.0. The van der Waals surface area contributed by atoms with Crippen molar-refractivity contribution in [2.45, 2.75) is 117 Å². The van der Waals surface area contributed by atoms with Crippen LogP contribution < -0.4 is 5.23 Å². The van der Waals surface area contributed by atoms with Gasteiger partial charge in [0.25, 0.3) is 7.41 Å². The minimum Gasteiger partial charge on any atom is -0.451 e. The van der Waals surface area contributed by atoms with Gasteiger partial charge in [-0.3, -0.25) is 14.4 Å². The lowest BCUT2D eigenvalue weighted by atomic mass is 9.40. The zero-order valence-corrected chi connectivity index (χ0v) is 34.2. The van der Waals surface area contributed by atoms with Crippen molar-refractivity contribution >= 4 is 43.4 Å². The molecule has 14 nitrogen and oxygen atoms in total. The Morgan fingerprint density at radius 2 is 1.68 bits per heavy atom. The Bertz CT molecular complexity index is 1750. The van der Waals surface area contributed by atoms with E-state index in [4.69, 9.17) is 23.7 Å². The van der Waals surface area contributed by atoms with E-state index in [1.807, 2.05) is 13.8 Å². The van der Waals surface area contributed by atoms with Gasteiger partial charge >= 0.3 is 24.0 Å². The third kappa shape index (κ3) is 7.08. The van der Waals surface area contributed by atoms with Crippen LogP contribution in [0.5, 0.6) is 0 Å². The average molecular weight is 781 g/mol. The van der Waals surface area contributed by atoms with Crippen LogP contribution in [0, 0.1) is 34.0 Å². The highest BCUT2D eigenvalue weighted by atomic mass is 16.6. The molecule has 1 heterocycles. The molecule has 0 radical (unpaired) electrons. The number of nitrogens with zero attached hydrogens (tertiary/aromatic N) is 1. The smallest absolute Gasteiger partial charge is 0.409 e. The fraction of sp³-hybridized carbons (Fsp3) is 0.659. The van der Waals surface area contributed by atoms with Gasteiger partial charge in [-0.05, 0) is 29.9 Å². The van der Waals surface area contributed by atoms with Gasteiger partial charge in [0.05, 0.1) is 36.0 Å². The number of amides is 1. The maximum absolute atomic E-state index is 15.4. The molecule has 2 N–H and O–H groups in total. The van der Waals surface area contributed by atoms with Crippen molar-refractivity contribution in [3.8, 4) is 0 Å². The standard InChI is InChI=1S/C41H57BN2O12/c1-11-28(46)55-32-25(53-36(49)33(56-29(47)12-2)31(43-42-21-45)24-16-14-13-15-17-24)19-41(51)23(4)34-39(7)20-52-26(39)18-27(54-37(50)44(9)10)40(34,8)35(48)22(3)30(32)38(41,5)6/h13-17,21-23,25-27,31,33-34,42-43,51H,11-12,18-20H2,1-10H3/t22-,23+,25+,26-,27+,31+,33-,34-,39-,40-,41-/m1/s1. The fourth-order valence-electron chi connectivity index (χ4n) is 10.3. The van der Waals surface area contributed by atoms with Gasteiger partial charge in [-0.2, -0.15) is 0 Å². The van der Waals surface area contributed by atoms with Gasteiger partial charge in [-0.1, -0.05) is 78.8 Å². The lowest BCUT2D eigenvalue weighted by Gasteiger charge is -2.68. The van der Waals surface area contributed by atoms with Crippen molar-refractivity contribution in [1.82, 2.24) is 10.1 Å². The van der Waals surface area contributed by atoms with Crippen molar-refractivity contribution < 1.29 is 57.6 Å². The van der Waals surface area contributed by atoms with E-state index in [1.165, 1.54) is 4.90 Å². The molecule has 4 aliphatic rings. The van der Waals surface area contributed by atoms with E-state index in [1.54, 1.807) is 86.0 Å². The summed E-state index contributed by atoms with van der Waals surface area (Å²) in [7, 11) is 2.94. The van der Waals surface area contributed by atoms with E-state index < -0.39 is 88.0 Å². The molecule has 5 rings (SSSR count). The van der Waals surface area contributed by atoms with Crippen LogP contribution >= 0.6 is 0 Å². The molecule has 1 aromatic carbocycles. The summed E-state index contributed by atoms with van der Waals surface area (Å²) < 4.78 is 30.2. The second-order valence-electron chi connectivity index (χ2n) is 17.0. The summed E-state index contributed by atoms with van der Waals surface area (Å²) in [5.41, 5.74) is -4.08. The van der Waals surface area contributed by atoms with Crippen LogP contribution in [-0.2, 0) is 47.7 Å². The molecule has 0 spiro atoms. The Hall–Kier alpha value is -4.08. The minimum absolute atomic E-state index is 0.0502. The Morgan fingerprint density at radius 1 is 1.04 bits per heavy atom. The Labute approximate surface area is 329 Å². The Kier molecular flexibility index (Phi) is 12.3. The fourth-order valence-corrected chi connectivity index (χ4v) is 10.3. The first kappa shape index (κ1) is 43.1. The van der Waals surface area contributed by atoms with Crippen LogP contribution in [-0.4, -0.2) is 104 Å². The van der Waals surface area contributed by atoms with Gasteiger partial charge in [0.1, 0.15) is 17.6 Å². The van der Waals surface area contributed by atoms with Crippen LogP contribution in [0.3, 0.4) is 0 Å². The first-order chi connectivity index (χ1) is 26.2. The summed E-state index contributed by atoms with van der Waals surface area (Å²) in [6, 6.07) is 7.63. The maximum Gasteiger partial charge on any atom is 0.409 e. The molecule has 3 fully saturated rings. The van der Waals surface area contributed by atoms with E-state index >= 15 is 4.79 Å². The molecule has 15 heteroatoms. The number of fused-ring (bicyclic) bond motifs is 5. The van der Waals surface area contributed by atoms with Gasteiger partial charge in [-0.25, -0.2) is 9.59 Å². The average Bonchev–Trinajstić information content (AvgIpc) is 3.15. The summed E-state index contributed by atoms with van der Waals surface area (Å²) in [4.78, 5) is 81.9. The zero-order valence-electron chi connectivity index (χ0n) is 34.2. The first-order valence-electron chi connectivity index (χ1n) is 19.6. The van der Waals surface area contributed by atoms with E-state index in [0.29, 0.717) is 18.4 Å². The number of hydrogen-bond donors (Lipinski definition) is 2. The minimum atomic E-state index is -1.73. The van der Waals surface area contributed by atoms with Gasteiger partial charge < -0.3 is 43.7 Å². The number of esters is 3. The predicted octanol–water partition coefficient (Wildman–Crippen LogP) is 3.81. The topological polar surface area (TPSA) is 184 Å². The zero-order chi connectivity index (χ0) is 41.5. The molecule has 2 saturated carbocycles. The van der Waals surface area contributed by atoms with Crippen molar-refractivity contribution in [1.29, 1.82) is 0 Å². The Morgan fingerprint density at radius 3 is 2.23 bits per heavy atom. The number of ether oxygens (including phenoxy) is 5. The van der Waals surface area contributed by atoms with E-state index in [0.717, 1.165) is 0 Å². The molecular formula is C41H57BN2O12. The molecule has 2 bridgehead atoms. The summed E-state index contributed by atoms with van der Waals surface area (Å²) in [6.45, 7) is 14.5. The van der Waals surface area contributed by atoms with Crippen molar-refractivity contribution in [2.75, 3.05) is 20.7 Å². The number of ketones is 1. The lowest BCUT2D eigenvalue weighted by molar-refractivity contribution is -0.301. The van der Waals surface area contributed by atoms with Crippen molar-refractivity contribution in [3.05, 3.63) is 47.2 Å². The molecule has 1 aliphatic heterocycles. The van der Waals surface area contributed by atoms with Crippen LogP contribution in [0.2, 0.25) is 0 Å². The number of nitrogens with one attached hydrogen (secondary N) is 1. The monoisotopic (exact) mass is 780 g/mol. The van der Waals surface area contributed by atoms with Crippen LogP contribution in [0.1, 0.15) is 92.7 Å². The van der Waals surface area contributed by atoms with Gasteiger partial charge in [0, 0.05) is 56.5 Å². The van der Waals surface area contributed by atoms with Gasteiger partial charge in [0.15, 0.2) is 6.10 Å². The Balaban J connectivity index is 1.70. The highest BCUT2D eigenvalue weighted by Crippen LogP contribution is 2.68. The molecule has 3 aliphatic carbocycles. The summed E-state index contributed by atoms with van der Waals surface area (Å²) in [6.07, 6.45) is -4.41. The van der Waals surface area contributed by atoms with E-state index in [2.05, 4.69) is 5.23 Å². The lowest BCUT2D eigenvalue weighted by Crippen LogP contribution is -2.75. The summed E-state index contributed by atoms with van der Waals surface area (Å²) in [5, 5.41) is 16.4. The van der Waals surface area contributed by atoms with Gasteiger partial charge in [-0.15, -0.1) is 0 Å². The number of rotatable bonds is 12. The van der Waals surface area contributed by atoms with E-state index in [-0.39, 0.29) is 56.3 Å². The molecule has 1 aromatic rings. The van der Waals surface area contributed by atoms with Crippen molar-refractivity contribution in [2.24, 2.45) is 34.0 Å². The molecule has 0 unspecified atom stereocenters. The quantitative estimate of drug-likeness (QED) is 0.135. The first-order valence-corrected chi connectivity index (χ1v) is 19.6. The number of Topliss-reactive ketones (excluding diaryl/α,β-unsaturated/α-hetero) is 1. The molecule has 56 heavy (non-hydrogen) atoms. The third-order valence-electron chi connectivity index (χ3n) is 13.2. The maximum atomic E-state index is 15.4. The molecule has 306 valence electrons. The number of carbonyl (C=O) groups excluding carboxylic acids is 6. The SMILES string of the molecule is CCC(=O)OC1=C2[C@@H](C)C(=O)[C@]3(C)[C@@H](OC(=O)N(C)C)C[C@H]4OC[C@@]4(C)[C@H]3[C@H](C)[C@](O)(C[C@@H]1OC(=O)[C@H](OC(=O)CC)[C@@H](NBC=O)c1ccccc1)C2(C)C. The highest BCUT2D eigenvalue weighted by molar-refractivity contribution is 6.64. The molecule has 0 aromatic heterocycles. The number of benzene rings is 1. The van der Waals surface area contributed by atoms with Crippen LogP contribution in [0.25, 0.3) is 0 Å². The molecule has 1 amide bonds. The summed E-state index contributed by atoms with van der Waals surface area (Å²) >= 11 is 0. The van der Waals surface area contributed by atoms with Gasteiger partial charge in [0.2, 0.25) is 6.10 Å². The highest BCUT2D eigenvalue weighted by Gasteiger charge is 2.74. The predicted molar refractivity (Wildman–Crippen MR) is 204 cm³/mol. The molecule has 1 saturated heterocycles. The number of aliphatic hydroxyl groups is 1. The van der Waals surface area contributed by atoms with E-state index in [9.17, 15) is 29.1 Å². The summed E-state index contributed by atoms with van der Waals surface area (Å²) in [5.74, 6) is -5.07. The van der Waals surface area contributed by atoms with Crippen LogP contribution in [0.4, 0.5) is 4.79 Å². The van der Waals surface area contributed by atoms with Crippen LogP contribution in [0.15, 0.2) is 41.7 Å². The third-order valence-corrected chi connectivity index (χ3v) is 13.2. The van der Waals surface area contributed by atoms with Crippen molar-refractivity contribution in [3.63, 3.8) is 0 Å². The largest absolute Gasteiger partial charge is 0.451 e. The normalized spacial score (nSPS) is 34.1. The molecule has 11 atom stereocenters. The molecular weight excluding hydrogens is 723 g/mol. The number of carbonyl (C=O) groups is 6. The number of hydrogen-bond acceptors (Lipinski definition) is 13. The second kappa shape index (κ2) is 16.1.